The molecule has 2 N–H and O–H groups in total. The number of halogens is 1. The number of anilines is 1. The largest absolute Gasteiger partial charge is 0.378 e. The van der Waals surface area contributed by atoms with Crippen molar-refractivity contribution in [1.82, 2.24) is 10.6 Å². The van der Waals surface area contributed by atoms with Gasteiger partial charge in [-0.05, 0) is 49.5 Å². The number of hydrogen-bond acceptors (Lipinski definition) is 4. The van der Waals surface area contributed by atoms with Crippen molar-refractivity contribution in [3.05, 3.63) is 29.6 Å². The number of guanidine groups is 1. The lowest BCUT2D eigenvalue weighted by molar-refractivity contribution is 0.122. The Morgan fingerprint density at radius 1 is 1.27 bits per heavy atom. The van der Waals surface area contributed by atoms with E-state index >= 15 is 0 Å². The van der Waals surface area contributed by atoms with E-state index < -0.39 is 0 Å². The van der Waals surface area contributed by atoms with Crippen LogP contribution in [-0.2, 0) is 11.3 Å². The summed E-state index contributed by atoms with van der Waals surface area (Å²) in [5, 5.41) is 6.58. The monoisotopic (exact) mass is 382 g/mol. The number of morpholine rings is 1. The predicted molar refractivity (Wildman–Crippen MR) is 110 cm³/mol. The van der Waals surface area contributed by atoms with Crippen molar-refractivity contribution in [2.24, 2.45) is 4.99 Å². The molecule has 0 aliphatic carbocycles. The van der Waals surface area contributed by atoms with Crippen LogP contribution in [0.2, 0.25) is 0 Å². The fraction of sp³-hybridized carbons (Fsp3) is 0.632. The fourth-order valence-electron chi connectivity index (χ4n) is 2.80. The Bertz CT molecular complexity index is 564. The normalized spacial score (nSPS) is 15.2. The Hall–Kier alpha value is -1.47. The lowest BCUT2D eigenvalue weighted by Crippen LogP contribution is -2.37. The summed E-state index contributed by atoms with van der Waals surface area (Å²) in [4.78, 5) is 6.61. The van der Waals surface area contributed by atoms with Gasteiger partial charge in [0.05, 0.1) is 25.4 Å². The van der Waals surface area contributed by atoms with E-state index in [0.717, 1.165) is 44.1 Å². The molecule has 146 valence electrons. The number of nitrogens with one attached hydrogen (secondary N) is 2. The standard InChI is InChI=1S/C19H31FN4OS/c1-3-21-19(22-8-4-5-13-26-2)23-15-16-6-7-18(17(20)14-16)24-9-11-25-12-10-24/h6-7,14H,3-5,8-13,15H2,1-2H3,(H2,21,22,23). The highest BCUT2D eigenvalue weighted by Crippen LogP contribution is 2.21. The van der Waals surface area contributed by atoms with E-state index in [0.29, 0.717) is 25.4 Å². The predicted octanol–water partition coefficient (Wildman–Crippen LogP) is 2.86. The van der Waals surface area contributed by atoms with Crippen molar-refractivity contribution in [2.75, 3.05) is 56.3 Å². The van der Waals surface area contributed by atoms with Gasteiger partial charge in [-0.3, -0.25) is 0 Å². The molecule has 0 spiro atoms. The maximum Gasteiger partial charge on any atom is 0.191 e. The van der Waals surface area contributed by atoms with Crippen LogP contribution >= 0.6 is 11.8 Å². The van der Waals surface area contributed by atoms with Gasteiger partial charge in [0.1, 0.15) is 5.82 Å². The topological polar surface area (TPSA) is 48.9 Å². The molecule has 0 saturated carbocycles. The molecule has 0 unspecified atom stereocenters. The maximum absolute atomic E-state index is 14.5. The molecular weight excluding hydrogens is 351 g/mol. The molecule has 1 heterocycles. The second-order valence-corrected chi connectivity index (χ2v) is 7.19. The van der Waals surface area contributed by atoms with E-state index in [1.807, 2.05) is 35.7 Å². The summed E-state index contributed by atoms with van der Waals surface area (Å²) in [5.74, 6) is 1.79. The first kappa shape index (κ1) is 20.8. The van der Waals surface area contributed by atoms with Crippen molar-refractivity contribution in [1.29, 1.82) is 0 Å². The van der Waals surface area contributed by atoms with Gasteiger partial charge in [0.25, 0.3) is 0 Å². The Kier molecular flexibility index (Phi) is 9.63. The van der Waals surface area contributed by atoms with Crippen molar-refractivity contribution in [2.45, 2.75) is 26.3 Å². The number of ether oxygens (including phenoxy) is 1. The molecule has 26 heavy (non-hydrogen) atoms. The van der Waals surface area contributed by atoms with E-state index in [9.17, 15) is 4.39 Å². The van der Waals surface area contributed by atoms with Crippen LogP contribution < -0.4 is 15.5 Å². The van der Waals surface area contributed by atoms with Gasteiger partial charge >= 0.3 is 0 Å². The Balaban J connectivity index is 1.90. The highest BCUT2D eigenvalue weighted by atomic mass is 32.2. The third-order valence-electron chi connectivity index (χ3n) is 4.20. The molecule has 2 rings (SSSR count). The summed E-state index contributed by atoms with van der Waals surface area (Å²) >= 11 is 1.87. The first-order chi connectivity index (χ1) is 12.7. The zero-order chi connectivity index (χ0) is 18.6. The van der Waals surface area contributed by atoms with E-state index in [-0.39, 0.29) is 5.82 Å². The van der Waals surface area contributed by atoms with Gasteiger partial charge in [-0.1, -0.05) is 6.07 Å². The second-order valence-electron chi connectivity index (χ2n) is 6.21. The minimum Gasteiger partial charge on any atom is -0.378 e. The highest BCUT2D eigenvalue weighted by molar-refractivity contribution is 7.98. The molecule has 1 aliphatic rings. The summed E-state index contributed by atoms with van der Waals surface area (Å²) in [5.41, 5.74) is 1.53. The Morgan fingerprint density at radius 2 is 2.08 bits per heavy atom. The zero-order valence-corrected chi connectivity index (χ0v) is 16.7. The zero-order valence-electron chi connectivity index (χ0n) is 15.9. The third kappa shape index (κ3) is 7.03. The molecule has 0 radical (unpaired) electrons. The SMILES string of the molecule is CCNC(=NCc1ccc(N2CCOCC2)c(F)c1)NCCCCSC. The van der Waals surface area contributed by atoms with Crippen molar-refractivity contribution >= 4 is 23.4 Å². The maximum atomic E-state index is 14.5. The molecule has 0 aromatic heterocycles. The van der Waals surface area contributed by atoms with Gasteiger partial charge in [0.2, 0.25) is 0 Å². The summed E-state index contributed by atoms with van der Waals surface area (Å²) in [6, 6.07) is 5.41. The molecule has 7 heteroatoms. The van der Waals surface area contributed by atoms with Crippen LogP contribution in [-0.4, -0.2) is 57.4 Å². The van der Waals surface area contributed by atoms with E-state index in [1.165, 1.54) is 12.2 Å². The average molecular weight is 383 g/mol. The van der Waals surface area contributed by atoms with Crippen molar-refractivity contribution in [3.8, 4) is 0 Å². The smallest absolute Gasteiger partial charge is 0.191 e. The van der Waals surface area contributed by atoms with Gasteiger partial charge < -0.3 is 20.3 Å². The first-order valence-electron chi connectivity index (χ1n) is 9.36. The van der Waals surface area contributed by atoms with Crippen molar-refractivity contribution < 1.29 is 9.13 Å². The minimum absolute atomic E-state index is 0.186. The highest BCUT2D eigenvalue weighted by Gasteiger charge is 2.15. The van der Waals surface area contributed by atoms with E-state index in [2.05, 4.69) is 21.9 Å². The molecule has 0 bridgehead atoms. The number of hydrogen-bond donors (Lipinski definition) is 2. The summed E-state index contributed by atoms with van der Waals surface area (Å²) in [6.07, 6.45) is 4.44. The summed E-state index contributed by atoms with van der Waals surface area (Å²) in [6.45, 7) is 6.99. The van der Waals surface area contributed by atoms with Crippen LogP contribution in [0.1, 0.15) is 25.3 Å². The van der Waals surface area contributed by atoms with Gasteiger partial charge in [0, 0.05) is 26.2 Å². The van der Waals surface area contributed by atoms with Crippen molar-refractivity contribution in [3.63, 3.8) is 0 Å². The lowest BCUT2D eigenvalue weighted by Gasteiger charge is -2.29. The number of benzene rings is 1. The first-order valence-corrected chi connectivity index (χ1v) is 10.8. The molecule has 1 aliphatic heterocycles. The Morgan fingerprint density at radius 3 is 2.77 bits per heavy atom. The van der Waals surface area contributed by atoms with Crippen LogP contribution in [0.3, 0.4) is 0 Å². The van der Waals surface area contributed by atoms with Gasteiger partial charge in [-0.2, -0.15) is 11.8 Å². The molecule has 0 atom stereocenters. The molecule has 5 nitrogen and oxygen atoms in total. The van der Waals surface area contributed by atoms with Crippen LogP contribution in [0.25, 0.3) is 0 Å². The molecular formula is C19H31FN4OS. The van der Waals surface area contributed by atoms with Gasteiger partial charge in [-0.15, -0.1) is 0 Å². The second kappa shape index (κ2) is 12.0. The molecule has 1 aromatic rings. The lowest BCUT2D eigenvalue weighted by atomic mass is 10.1. The van der Waals surface area contributed by atoms with E-state index in [4.69, 9.17) is 4.74 Å². The average Bonchev–Trinajstić information content (AvgIpc) is 2.66. The van der Waals surface area contributed by atoms with Crippen LogP contribution in [0.4, 0.5) is 10.1 Å². The van der Waals surface area contributed by atoms with E-state index in [1.54, 1.807) is 6.07 Å². The van der Waals surface area contributed by atoms with Crippen LogP contribution in [0, 0.1) is 5.82 Å². The molecule has 1 aromatic carbocycles. The fourth-order valence-corrected chi connectivity index (χ4v) is 3.29. The quantitative estimate of drug-likeness (QED) is 0.391. The summed E-state index contributed by atoms with van der Waals surface area (Å²) in [7, 11) is 0. The van der Waals surface area contributed by atoms with Crippen LogP contribution in [0.15, 0.2) is 23.2 Å². The summed E-state index contributed by atoms with van der Waals surface area (Å²) < 4.78 is 19.8. The third-order valence-corrected chi connectivity index (χ3v) is 4.89. The number of thioether (sulfide) groups is 1. The molecule has 1 fully saturated rings. The van der Waals surface area contributed by atoms with Gasteiger partial charge in [0.15, 0.2) is 5.96 Å². The molecule has 1 saturated heterocycles. The Labute approximate surface area is 160 Å². The van der Waals surface area contributed by atoms with Gasteiger partial charge in [-0.25, -0.2) is 9.38 Å². The number of nitrogens with zero attached hydrogens (tertiary/aromatic N) is 2. The number of unbranched alkanes of at least 4 members (excludes halogenated alkanes) is 1. The van der Waals surface area contributed by atoms with Crippen LogP contribution in [0.5, 0.6) is 0 Å². The number of rotatable bonds is 9. The minimum atomic E-state index is -0.186. The number of aliphatic imine (C=N–C) groups is 1. The molecule has 0 amide bonds.